The monoisotopic (exact) mass is 192 g/mol. The minimum absolute atomic E-state index is 0.721. The van der Waals surface area contributed by atoms with Gasteiger partial charge in [-0.15, -0.1) is 0 Å². The molecule has 0 heterocycles. The predicted molar refractivity (Wildman–Crippen MR) is 56.7 cm³/mol. The third kappa shape index (κ3) is 2.27. The van der Waals surface area contributed by atoms with Crippen LogP contribution in [0.25, 0.3) is 0 Å². The first kappa shape index (κ1) is 9.98. The van der Waals surface area contributed by atoms with Gasteiger partial charge in [0.05, 0.1) is 6.07 Å². The molecule has 78 valence electrons. The quantitative estimate of drug-likeness (QED) is 0.679. The standard InChI is InChI=1S/C12H20N2/c13-6-2-1-3-7-14-12-9-10-4-5-11(12)8-10/h10-12,14H,1-5,7-9H2. The van der Waals surface area contributed by atoms with Crippen molar-refractivity contribution in [2.24, 2.45) is 11.8 Å². The van der Waals surface area contributed by atoms with E-state index in [0.29, 0.717) is 0 Å². The van der Waals surface area contributed by atoms with E-state index in [-0.39, 0.29) is 0 Å². The van der Waals surface area contributed by atoms with Gasteiger partial charge in [-0.25, -0.2) is 0 Å². The first-order valence-corrected chi connectivity index (χ1v) is 6.00. The van der Waals surface area contributed by atoms with Crippen molar-refractivity contribution in [2.45, 2.75) is 51.0 Å². The van der Waals surface area contributed by atoms with Crippen LogP contribution < -0.4 is 5.32 Å². The van der Waals surface area contributed by atoms with E-state index >= 15 is 0 Å². The molecule has 14 heavy (non-hydrogen) atoms. The number of unbranched alkanes of at least 4 members (excludes halogenated alkanes) is 2. The molecule has 0 aromatic heterocycles. The summed E-state index contributed by atoms with van der Waals surface area (Å²) in [6, 6.07) is 3.01. The highest BCUT2D eigenvalue weighted by Gasteiger charge is 2.38. The number of hydrogen-bond acceptors (Lipinski definition) is 2. The lowest BCUT2D eigenvalue weighted by Gasteiger charge is -2.22. The summed E-state index contributed by atoms with van der Waals surface area (Å²) in [6.07, 6.45) is 8.79. The van der Waals surface area contributed by atoms with E-state index < -0.39 is 0 Å². The first-order valence-electron chi connectivity index (χ1n) is 6.00. The van der Waals surface area contributed by atoms with E-state index in [0.717, 1.165) is 37.3 Å². The maximum absolute atomic E-state index is 8.39. The maximum atomic E-state index is 8.39. The lowest BCUT2D eigenvalue weighted by Crippen LogP contribution is -2.34. The Morgan fingerprint density at radius 2 is 2.14 bits per heavy atom. The molecule has 2 aliphatic carbocycles. The van der Waals surface area contributed by atoms with E-state index in [1.807, 2.05) is 0 Å². The lowest BCUT2D eigenvalue weighted by atomic mass is 9.95. The van der Waals surface area contributed by atoms with Crippen LogP contribution in [0.2, 0.25) is 0 Å². The van der Waals surface area contributed by atoms with Gasteiger partial charge < -0.3 is 5.32 Å². The molecular weight excluding hydrogens is 172 g/mol. The van der Waals surface area contributed by atoms with Crippen molar-refractivity contribution >= 4 is 0 Å². The summed E-state index contributed by atoms with van der Waals surface area (Å²) in [7, 11) is 0. The SMILES string of the molecule is N#CCCCCNC1CC2CCC1C2. The Bertz CT molecular complexity index is 219. The summed E-state index contributed by atoms with van der Waals surface area (Å²) in [5.74, 6) is 2.02. The zero-order valence-electron chi connectivity index (χ0n) is 8.84. The number of nitrogens with zero attached hydrogens (tertiary/aromatic N) is 1. The minimum Gasteiger partial charge on any atom is -0.314 e. The zero-order valence-corrected chi connectivity index (χ0v) is 8.84. The molecule has 0 radical (unpaired) electrons. The van der Waals surface area contributed by atoms with Crippen LogP contribution >= 0.6 is 0 Å². The normalized spacial score (nSPS) is 34.6. The molecule has 2 nitrogen and oxygen atoms in total. The van der Waals surface area contributed by atoms with Crippen LogP contribution in [0.3, 0.4) is 0 Å². The van der Waals surface area contributed by atoms with E-state index in [2.05, 4.69) is 11.4 Å². The van der Waals surface area contributed by atoms with Gasteiger partial charge in [0.15, 0.2) is 0 Å². The first-order chi connectivity index (χ1) is 6.90. The van der Waals surface area contributed by atoms with Crippen molar-refractivity contribution in [2.75, 3.05) is 6.54 Å². The molecule has 2 bridgehead atoms. The molecule has 0 aliphatic heterocycles. The molecule has 3 atom stereocenters. The summed E-state index contributed by atoms with van der Waals surface area (Å²) >= 11 is 0. The average molecular weight is 192 g/mol. The van der Waals surface area contributed by atoms with Crippen LogP contribution in [0.1, 0.15) is 44.9 Å². The van der Waals surface area contributed by atoms with E-state index in [1.165, 1.54) is 32.1 Å². The molecule has 0 aromatic carbocycles. The topological polar surface area (TPSA) is 35.8 Å². The molecule has 2 fully saturated rings. The Balaban J connectivity index is 1.56. The highest BCUT2D eigenvalue weighted by molar-refractivity contribution is 4.93. The van der Waals surface area contributed by atoms with Gasteiger partial charge in [-0.05, 0) is 50.5 Å². The number of nitriles is 1. The van der Waals surface area contributed by atoms with Crippen LogP contribution in [-0.4, -0.2) is 12.6 Å². The van der Waals surface area contributed by atoms with Crippen LogP contribution in [0, 0.1) is 23.2 Å². The fourth-order valence-electron chi connectivity index (χ4n) is 3.11. The largest absolute Gasteiger partial charge is 0.314 e. The molecular formula is C12H20N2. The molecule has 0 saturated heterocycles. The number of nitrogens with one attached hydrogen (secondary N) is 1. The smallest absolute Gasteiger partial charge is 0.0621 e. The molecule has 0 amide bonds. The zero-order chi connectivity index (χ0) is 9.80. The Labute approximate surface area is 86.7 Å². The summed E-state index contributed by atoms with van der Waals surface area (Å²) < 4.78 is 0. The van der Waals surface area contributed by atoms with Crippen molar-refractivity contribution in [3.8, 4) is 6.07 Å². The Morgan fingerprint density at radius 3 is 2.79 bits per heavy atom. The summed E-state index contributed by atoms with van der Waals surface area (Å²) in [6.45, 7) is 1.12. The fraction of sp³-hybridized carbons (Fsp3) is 0.917. The molecule has 3 unspecified atom stereocenters. The summed E-state index contributed by atoms with van der Waals surface area (Å²) in [5, 5.41) is 12.1. The van der Waals surface area contributed by atoms with Crippen LogP contribution in [-0.2, 0) is 0 Å². The third-order valence-electron chi connectivity index (χ3n) is 3.86. The van der Waals surface area contributed by atoms with Gasteiger partial charge in [0.2, 0.25) is 0 Å². The van der Waals surface area contributed by atoms with Crippen molar-refractivity contribution in [3.05, 3.63) is 0 Å². The van der Waals surface area contributed by atoms with Crippen LogP contribution in [0.4, 0.5) is 0 Å². The van der Waals surface area contributed by atoms with Gasteiger partial charge in [0.1, 0.15) is 0 Å². The second kappa shape index (κ2) is 4.79. The van der Waals surface area contributed by atoms with Gasteiger partial charge in [0, 0.05) is 12.5 Å². The van der Waals surface area contributed by atoms with Gasteiger partial charge in [-0.3, -0.25) is 0 Å². The molecule has 2 rings (SSSR count). The van der Waals surface area contributed by atoms with Gasteiger partial charge in [-0.2, -0.15) is 5.26 Å². The summed E-state index contributed by atoms with van der Waals surface area (Å²) in [4.78, 5) is 0. The molecule has 1 N–H and O–H groups in total. The molecule has 2 heteroatoms. The molecule has 2 aliphatic rings. The Hall–Kier alpha value is -0.550. The summed E-state index contributed by atoms with van der Waals surface area (Å²) in [5.41, 5.74) is 0. The molecule has 0 spiro atoms. The maximum Gasteiger partial charge on any atom is 0.0621 e. The Kier molecular flexibility index (Phi) is 3.42. The van der Waals surface area contributed by atoms with Gasteiger partial charge >= 0.3 is 0 Å². The van der Waals surface area contributed by atoms with Crippen molar-refractivity contribution in [1.82, 2.24) is 5.32 Å². The van der Waals surface area contributed by atoms with E-state index in [9.17, 15) is 0 Å². The lowest BCUT2D eigenvalue weighted by molar-refractivity contribution is 0.350. The average Bonchev–Trinajstić information content (AvgIpc) is 2.79. The number of hydrogen-bond donors (Lipinski definition) is 1. The Morgan fingerprint density at radius 1 is 1.21 bits per heavy atom. The van der Waals surface area contributed by atoms with Crippen molar-refractivity contribution in [1.29, 1.82) is 5.26 Å². The van der Waals surface area contributed by atoms with Crippen LogP contribution in [0.15, 0.2) is 0 Å². The number of fused-ring (bicyclic) bond motifs is 2. The third-order valence-corrected chi connectivity index (χ3v) is 3.86. The second-order valence-corrected chi connectivity index (χ2v) is 4.85. The minimum atomic E-state index is 0.721. The van der Waals surface area contributed by atoms with Crippen LogP contribution in [0.5, 0.6) is 0 Å². The highest BCUT2D eigenvalue weighted by atomic mass is 14.9. The molecule has 2 saturated carbocycles. The predicted octanol–water partition coefficient (Wildman–Crippen LogP) is 2.46. The van der Waals surface area contributed by atoms with Gasteiger partial charge in [0.25, 0.3) is 0 Å². The van der Waals surface area contributed by atoms with Gasteiger partial charge in [-0.1, -0.05) is 6.42 Å². The second-order valence-electron chi connectivity index (χ2n) is 4.85. The van der Waals surface area contributed by atoms with Crippen molar-refractivity contribution in [3.63, 3.8) is 0 Å². The molecule has 0 aromatic rings. The highest BCUT2D eigenvalue weighted by Crippen LogP contribution is 2.44. The fourth-order valence-corrected chi connectivity index (χ4v) is 3.11. The number of rotatable bonds is 5. The van der Waals surface area contributed by atoms with Crippen molar-refractivity contribution < 1.29 is 0 Å². The van der Waals surface area contributed by atoms with E-state index in [1.54, 1.807) is 0 Å². The van der Waals surface area contributed by atoms with E-state index in [4.69, 9.17) is 5.26 Å².